The van der Waals surface area contributed by atoms with E-state index >= 15 is 0 Å². The molecule has 0 bridgehead atoms. The monoisotopic (exact) mass is 582 g/mol. The maximum atomic E-state index is 13.9. The average Bonchev–Trinajstić information content (AvgIpc) is 2.83. The third-order valence-electron chi connectivity index (χ3n) is 8.50. The number of ketones is 4. The lowest BCUT2D eigenvalue weighted by Crippen LogP contribution is -2.74. The zero-order chi connectivity index (χ0) is 30.8. The van der Waals surface area contributed by atoms with Gasteiger partial charge in [0.05, 0.1) is 23.9 Å². The summed E-state index contributed by atoms with van der Waals surface area (Å²) in [5.41, 5.74) is 3.30. The van der Waals surface area contributed by atoms with Gasteiger partial charge in [-0.15, -0.1) is 0 Å². The van der Waals surface area contributed by atoms with Crippen LogP contribution < -0.4 is 16.0 Å². The summed E-state index contributed by atoms with van der Waals surface area (Å²) in [6, 6.07) is 0.348. The smallest absolute Gasteiger partial charge is 0.390 e. The number of hydrogen-bond donors (Lipinski definition) is 4. The Kier molecular flexibility index (Phi) is 7.82. The van der Waals surface area contributed by atoms with E-state index < -0.39 is 89.2 Å². The first-order chi connectivity index (χ1) is 18.9. The lowest BCUT2D eigenvalue weighted by Gasteiger charge is -2.52. The van der Waals surface area contributed by atoms with Crippen molar-refractivity contribution >= 4 is 34.7 Å². The molecule has 4 rings (SSSR count). The molecule has 0 spiro atoms. The van der Waals surface area contributed by atoms with Crippen LogP contribution in [0.25, 0.3) is 0 Å². The molecule has 0 heterocycles. The Bertz CT molecular complexity index is 1330. The van der Waals surface area contributed by atoms with Gasteiger partial charge in [-0.1, -0.05) is 0 Å². The molecule has 224 valence electrons. The zero-order valence-corrected chi connectivity index (χ0v) is 23.0. The number of benzene rings is 1. The number of carbonyl (C=O) groups is 5. The number of nitrogens with one attached hydrogen (secondary N) is 1. The minimum Gasteiger partial charge on any atom is -0.507 e. The largest absolute Gasteiger partial charge is 0.507 e. The predicted octanol–water partition coefficient (Wildman–Crippen LogP) is -0.0250. The van der Waals surface area contributed by atoms with E-state index in [4.69, 9.17) is 5.73 Å². The van der Waals surface area contributed by atoms with E-state index in [1.54, 1.807) is 25.1 Å². The first-order valence-corrected chi connectivity index (χ1v) is 13.1. The molecule has 3 aliphatic carbocycles. The number of aromatic hydroxyl groups is 1. The molecule has 41 heavy (non-hydrogen) atoms. The van der Waals surface area contributed by atoms with Gasteiger partial charge < -0.3 is 26.2 Å². The fourth-order valence-electron chi connectivity index (χ4n) is 6.69. The van der Waals surface area contributed by atoms with Crippen LogP contribution in [0.15, 0.2) is 6.07 Å². The molecule has 2 saturated carbocycles. The van der Waals surface area contributed by atoms with Gasteiger partial charge in [-0.05, 0) is 44.5 Å². The van der Waals surface area contributed by atoms with Crippen molar-refractivity contribution in [1.82, 2.24) is 10.2 Å². The SMILES string of the molecule is CN(C)c1cc(CNCCC(F)(F)F)c(O)c2c1CC1CC3[C@H](N(C)C)C(=O)C(C(N)=O)C(=O)[C@@]3(O)C(=O)C1C2=O. The summed E-state index contributed by atoms with van der Waals surface area (Å²) in [5.74, 6) is -11.7. The van der Waals surface area contributed by atoms with Gasteiger partial charge in [0.15, 0.2) is 34.7 Å². The number of fused-ring (bicyclic) bond motifs is 3. The summed E-state index contributed by atoms with van der Waals surface area (Å²) >= 11 is 0. The zero-order valence-electron chi connectivity index (χ0n) is 23.0. The van der Waals surface area contributed by atoms with E-state index in [1.807, 2.05) is 0 Å². The molecular weight excluding hydrogens is 549 g/mol. The molecule has 4 unspecified atom stereocenters. The first-order valence-electron chi connectivity index (χ1n) is 13.1. The van der Waals surface area contributed by atoms with Crippen LogP contribution in [0.3, 0.4) is 0 Å². The van der Waals surface area contributed by atoms with Crippen molar-refractivity contribution in [3.05, 3.63) is 22.8 Å². The van der Waals surface area contributed by atoms with E-state index in [0.717, 1.165) is 0 Å². The van der Waals surface area contributed by atoms with E-state index in [1.165, 1.54) is 19.0 Å². The molecular formula is C27H33F3N4O7. The molecule has 14 heteroatoms. The van der Waals surface area contributed by atoms with Crippen LogP contribution in [0.5, 0.6) is 5.75 Å². The minimum atomic E-state index is -4.38. The topological polar surface area (TPSA) is 170 Å². The molecule has 5 N–H and O–H groups in total. The Labute approximate surface area is 233 Å². The number of anilines is 1. The fourth-order valence-corrected chi connectivity index (χ4v) is 6.69. The summed E-state index contributed by atoms with van der Waals surface area (Å²) in [6.45, 7) is -0.638. The number of amides is 1. The number of carbonyl (C=O) groups excluding carboxylic acids is 5. The Balaban J connectivity index is 1.79. The molecule has 0 radical (unpaired) electrons. The van der Waals surface area contributed by atoms with Gasteiger partial charge in [0.1, 0.15) is 5.75 Å². The Morgan fingerprint density at radius 3 is 2.32 bits per heavy atom. The predicted molar refractivity (Wildman–Crippen MR) is 138 cm³/mol. The number of alkyl halides is 3. The van der Waals surface area contributed by atoms with Crippen molar-refractivity contribution in [3.8, 4) is 5.75 Å². The lowest BCUT2D eigenvalue weighted by molar-refractivity contribution is -0.181. The third-order valence-corrected chi connectivity index (χ3v) is 8.50. The fraction of sp³-hybridized carbons (Fsp3) is 0.593. The number of Topliss-reactive ketones (excluding diaryl/α,β-unsaturated/α-hetero) is 4. The lowest BCUT2D eigenvalue weighted by atomic mass is 9.52. The van der Waals surface area contributed by atoms with E-state index in [-0.39, 0.29) is 30.5 Å². The van der Waals surface area contributed by atoms with Crippen LogP contribution in [0.2, 0.25) is 0 Å². The van der Waals surface area contributed by atoms with E-state index in [2.05, 4.69) is 5.32 Å². The number of nitrogens with zero attached hydrogens (tertiary/aromatic N) is 2. The van der Waals surface area contributed by atoms with Crippen molar-refractivity contribution in [2.24, 2.45) is 29.4 Å². The van der Waals surface area contributed by atoms with Gasteiger partial charge in [-0.2, -0.15) is 13.2 Å². The highest BCUT2D eigenvalue weighted by molar-refractivity contribution is 6.32. The molecule has 6 atom stereocenters. The van der Waals surface area contributed by atoms with E-state index in [9.17, 15) is 47.4 Å². The average molecular weight is 583 g/mol. The Morgan fingerprint density at radius 2 is 1.78 bits per heavy atom. The Hall–Kier alpha value is -3.36. The van der Waals surface area contributed by atoms with Gasteiger partial charge in [0.25, 0.3) is 0 Å². The van der Waals surface area contributed by atoms with Crippen LogP contribution in [-0.4, -0.2) is 96.7 Å². The van der Waals surface area contributed by atoms with E-state index in [0.29, 0.717) is 11.3 Å². The maximum absolute atomic E-state index is 13.9. The second-order valence-corrected chi connectivity index (χ2v) is 11.5. The standard InChI is InChI=1S/C27H33F3N4O7/c1-33(2)15-9-12(10-32-6-5-26(28,29)30)20(35)17-13(15)7-11-8-14-19(34(3)4)22(37)18(25(31)40)24(39)27(14,41)23(38)16(11)21(17)36/h9,11,14,16,18-19,32,35,41H,5-8,10H2,1-4H3,(H2,31,40)/t11?,14?,16?,18?,19-,27-/m0/s1. The maximum Gasteiger partial charge on any atom is 0.390 e. The number of likely N-dealkylation sites (N-methyl/N-ethyl adjacent to an activating group) is 1. The summed E-state index contributed by atoms with van der Waals surface area (Å²) in [6.07, 6.45) is -5.50. The number of rotatable bonds is 7. The van der Waals surface area contributed by atoms with Crippen molar-refractivity contribution < 1.29 is 47.4 Å². The van der Waals surface area contributed by atoms with Gasteiger partial charge in [0, 0.05) is 44.4 Å². The number of primary amides is 1. The molecule has 1 aromatic carbocycles. The molecule has 1 amide bonds. The Morgan fingerprint density at radius 1 is 1.15 bits per heavy atom. The van der Waals surface area contributed by atoms with Crippen molar-refractivity contribution in [1.29, 1.82) is 0 Å². The van der Waals surface area contributed by atoms with Gasteiger partial charge in [-0.25, -0.2) is 0 Å². The van der Waals surface area contributed by atoms with Gasteiger partial charge in [-0.3, -0.25) is 28.9 Å². The number of aliphatic hydroxyl groups is 1. The van der Waals surface area contributed by atoms with Gasteiger partial charge >= 0.3 is 6.18 Å². The molecule has 0 aromatic heterocycles. The molecule has 3 aliphatic rings. The van der Waals surface area contributed by atoms with Crippen LogP contribution in [-0.2, 0) is 32.1 Å². The van der Waals surface area contributed by atoms with Crippen LogP contribution >= 0.6 is 0 Å². The summed E-state index contributed by atoms with van der Waals surface area (Å²) in [5, 5.41) is 25.4. The van der Waals surface area contributed by atoms with Gasteiger partial charge in [0.2, 0.25) is 5.91 Å². The van der Waals surface area contributed by atoms with Crippen molar-refractivity contribution in [2.75, 3.05) is 39.6 Å². The number of nitrogens with two attached hydrogens (primary N) is 1. The molecule has 0 aliphatic heterocycles. The molecule has 11 nitrogen and oxygen atoms in total. The highest BCUT2D eigenvalue weighted by atomic mass is 19.4. The highest BCUT2D eigenvalue weighted by Crippen LogP contribution is 2.52. The summed E-state index contributed by atoms with van der Waals surface area (Å²) in [7, 11) is 6.36. The van der Waals surface area contributed by atoms with Crippen LogP contribution in [0.4, 0.5) is 18.9 Å². The number of phenols is 1. The second kappa shape index (κ2) is 10.5. The second-order valence-electron chi connectivity index (χ2n) is 11.5. The summed E-state index contributed by atoms with van der Waals surface area (Å²) in [4.78, 5) is 69.5. The first kappa shape index (κ1) is 30.6. The van der Waals surface area contributed by atoms with Crippen molar-refractivity contribution in [3.63, 3.8) is 0 Å². The van der Waals surface area contributed by atoms with Crippen LogP contribution in [0, 0.1) is 23.7 Å². The minimum absolute atomic E-state index is 0.0781. The number of halogens is 3. The molecule has 0 saturated heterocycles. The molecule has 2 fully saturated rings. The third kappa shape index (κ3) is 4.91. The number of phenolic OH excluding ortho intramolecular Hbond substituents is 1. The normalized spacial score (nSPS) is 29.7. The summed E-state index contributed by atoms with van der Waals surface area (Å²) < 4.78 is 37.7. The highest BCUT2D eigenvalue weighted by Gasteiger charge is 2.69. The quantitative estimate of drug-likeness (QED) is 0.253. The molecule has 1 aromatic rings. The van der Waals surface area contributed by atoms with Crippen LogP contribution in [0.1, 0.15) is 34.3 Å². The van der Waals surface area contributed by atoms with Crippen molar-refractivity contribution in [2.45, 2.75) is 43.6 Å². The number of hydrogen-bond acceptors (Lipinski definition) is 10.